The number of ketones is 1. The van der Waals surface area contributed by atoms with Crippen LogP contribution in [0.25, 0.3) is 0 Å². The fourth-order valence-corrected chi connectivity index (χ4v) is 2.60. The molecule has 0 fully saturated rings. The van der Waals surface area contributed by atoms with Gasteiger partial charge in [0.05, 0.1) is 23.5 Å². The van der Waals surface area contributed by atoms with Gasteiger partial charge in [0.25, 0.3) is 11.7 Å². The van der Waals surface area contributed by atoms with Gasteiger partial charge < -0.3 is 0 Å². The summed E-state index contributed by atoms with van der Waals surface area (Å²) in [7, 11) is 0. The maximum atomic E-state index is 12.2. The van der Waals surface area contributed by atoms with E-state index in [1.54, 1.807) is 24.4 Å². The van der Waals surface area contributed by atoms with Crippen LogP contribution >= 0.6 is 11.6 Å². The molecule has 0 unspecified atom stereocenters. The number of carbonyl (C=O) groups is 2. The van der Waals surface area contributed by atoms with Crippen LogP contribution in [0, 0.1) is 0 Å². The first-order chi connectivity index (χ1) is 10.1. The normalized spacial score (nSPS) is 13.7. The molecule has 0 radical (unpaired) electrons. The Bertz CT molecular complexity index is 743. The zero-order chi connectivity index (χ0) is 15.0. The van der Waals surface area contributed by atoms with Crippen LogP contribution in [-0.2, 0) is 17.8 Å². The predicted octanol–water partition coefficient (Wildman–Crippen LogP) is 3.03. The van der Waals surface area contributed by atoms with Crippen LogP contribution in [0.5, 0.6) is 0 Å². The molecule has 5 heteroatoms. The number of rotatable bonds is 3. The summed E-state index contributed by atoms with van der Waals surface area (Å²) >= 11 is 5.92. The number of carbonyl (C=O) groups excluding carboxylic acids is 2. The number of Topliss-reactive ketones (excluding diaryl/α,β-unsaturated/α-hetero) is 1. The average molecular weight is 301 g/mol. The van der Waals surface area contributed by atoms with E-state index >= 15 is 0 Å². The van der Waals surface area contributed by atoms with Gasteiger partial charge >= 0.3 is 0 Å². The van der Waals surface area contributed by atoms with Gasteiger partial charge in [-0.3, -0.25) is 19.5 Å². The monoisotopic (exact) mass is 300 g/mol. The molecule has 0 saturated carbocycles. The van der Waals surface area contributed by atoms with E-state index in [1.807, 2.05) is 19.1 Å². The van der Waals surface area contributed by atoms with Gasteiger partial charge in [0.15, 0.2) is 0 Å². The van der Waals surface area contributed by atoms with Crippen molar-refractivity contribution in [3.05, 3.63) is 58.4 Å². The second-order valence-electron chi connectivity index (χ2n) is 4.89. The zero-order valence-corrected chi connectivity index (χ0v) is 12.2. The number of aryl methyl sites for hydroxylation is 1. The van der Waals surface area contributed by atoms with E-state index in [4.69, 9.17) is 11.6 Å². The summed E-state index contributed by atoms with van der Waals surface area (Å²) < 4.78 is 0. The molecule has 1 aromatic heterocycles. The number of pyridine rings is 1. The van der Waals surface area contributed by atoms with Crippen LogP contribution in [0.2, 0.25) is 5.02 Å². The number of hydrogen-bond donors (Lipinski definition) is 0. The van der Waals surface area contributed by atoms with Crippen molar-refractivity contribution in [3.63, 3.8) is 0 Å². The lowest BCUT2D eigenvalue weighted by atomic mass is 10.1. The number of hydrogen-bond acceptors (Lipinski definition) is 3. The first kappa shape index (κ1) is 13.8. The summed E-state index contributed by atoms with van der Waals surface area (Å²) in [4.78, 5) is 29.9. The number of halogens is 1. The largest absolute Gasteiger partial charge is 0.299 e. The molecule has 0 aliphatic carbocycles. The third kappa shape index (κ3) is 2.43. The molecule has 1 amide bonds. The Kier molecular flexibility index (Phi) is 3.47. The molecule has 0 atom stereocenters. The Balaban J connectivity index is 1.98. The van der Waals surface area contributed by atoms with Crippen molar-refractivity contribution in [1.29, 1.82) is 0 Å². The Labute approximate surface area is 127 Å². The molecule has 0 saturated heterocycles. The smallest absolute Gasteiger partial charge is 0.299 e. The molecular weight excluding hydrogens is 288 g/mol. The van der Waals surface area contributed by atoms with Crippen molar-refractivity contribution in [2.75, 3.05) is 4.90 Å². The maximum absolute atomic E-state index is 12.2. The topological polar surface area (TPSA) is 50.3 Å². The van der Waals surface area contributed by atoms with Gasteiger partial charge in [0.2, 0.25) is 0 Å². The number of aromatic nitrogens is 1. The number of benzene rings is 1. The van der Waals surface area contributed by atoms with E-state index in [0.29, 0.717) is 22.0 Å². The van der Waals surface area contributed by atoms with Gasteiger partial charge in [0.1, 0.15) is 0 Å². The van der Waals surface area contributed by atoms with E-state index in [2.05, 4.69) is 4.98 Å². The van der Waals surface area contributed by atoms with Gasteiger partial charge in [-0.05, 0) is 36.2 Å². The maximum Gasteiger partial charge on any atom is 0.299 e. The quantitative estimate of drug-likeness (QED) is 0.819. The molecule has 3 rings (SSSR count). The molecule has 1 aliphatic rings. The molecule has 4 nitrogen and oxygen atoms in total. The highest BCUT2D eigenvalue weighted by atomic mass is 35.5. The molecule has 2 heterocycles. The van der Waals surface area contributed by atoms with Crippen LogP contribution in [0.4, 0.5) is 5.69 Å². The second-order valence-corrected chi connectivity index (χ2v) is 5.33. The molecule has 0 N–H and O–H groups in total. The molecule has 1 aromatic carbocycles. The molecule has 2 aromatic rings. The molecule has 21 heavy (non-hydrogen) atoms. The predicted molar refractivity (Wildman–Crippen MR) is 80.6 cm³/mol. The van der Waals surface area contributed by atoms with E-state index in [0.717, 1.165) is 12.0 Å². The highest BCUT2D eigenvalue weighted by Crippen LogP contribution is 2.31. The van der Waals surface area contributed by atoms with E-state index in [-0.39, 0.29) is 6.54 Å². The number of fused-ring (bicyclic) bond motifs is 1. The Morgan fingerprint density at radius 1 is 1.19 bits per heavy atom. The lowest BCUT2D eigenvalue weighted by Crippen LogP contribution is -2.29. The van der Waals surface area contributed by atoms with E-state index in [9.17, 15) is 9.59 Å². The second kappa shape index (κ2) is 5.30. The minimum absolute atomic E-state index is 0.240. The summed E-state index contributed by atoms with van der Waals surface area (Å²) in [6.45, 7) is 2.25. The average Bonchev–Trinajstić information content (AvgIpc) is 2.72. The van der Waals surface area contributed by atoms with Crippen molar-refractivity contribution in [1.82, 2.24) is 4.98 Å². The van der Waals surface area contributed by atoms with E-state index in [1.165, 1.54) is 4.90 Å². The van der Waals surface area contributed by atoms with Crippen LogP contribution in [0.1, 0.15) is 28.5 Å². The lowest BCUT2D eigenvalue weighted by Gasteiger charge is -2.16. The number of amides is 1. The summed E-state index contributed by atoms with van der Waals surface area (Å²) in [5, 5.41) is 0.555. The summed E-state index contributed by atoms with van der Waals surface area (Å²) in [6.07, 6.45) is 2.41. The highest BCUT2D eigenvalue weighted by molar-refractivity contribution is 6.52. The third-order valence-corrected chi connectivity index (χ3v) is 3.78. The van der Waals surface area contributed by atoms with Crippen LogP contribution in [0.3, 0.4) is 0 Å². The number of nitrogens with zero attached hydrogens (tertiary/aromatic N) is 2. The van der Waals surface area contributed by atoms with Crippen molar-refractivity contribution < 1.29 is 9.59 Å². The zero-order valence-electron chi connectivity index (χ0n) is 11.5. The summed E-state index contributed by atoms with van der Waals surface area (Å²) in [5.41, 5.74) is 2.80. The molecule has 106 valence electrons. The number of anilines is 1. The molecular formula is C16H13ClN2O2. The SMILES string of the molecule is CCc1ccc2c(c1)C(=O)C(=O)N2Cc1cc(Cl)ccn1. The molecule has 1 aliphatic heterocycles. The summed E-state index contributed by atoms with van der Waals surface area (Å²) in [5.74, 6) is -0.970. The fraction of sp³-hybridized carbons (Fsp3) is 0.188. The van der Waals surface area contributed by atoms with Crippen molar-refractivity contribution in [3.8, 4) is 0 Å². The van der Waals surface area contributed by atoms with Crippen molar-refractivity contribution in [2.24, 2.45) is 0 Å². The first-order valence-corrected chi connectivity index (χ1v) is 7.07. The Morgan fingerprint density at radius 3 is 2.71 bits per heavy atom. The van der Waals surface area contributed by atoms with Crippen molar-refractivity contribution >= 4 is 29.0 Å². The van der Waals surface area contributed by atoms with Gasteiger partial charge in [-0.25, -0.2) is 0 Å². The van der Waals surface area contributed by atoms with Gasteiger partial charge in [-0.2, -0.15) is 0 Å². The first-order valence-electron chi connectivity index (χ1n) is 6.69. The molecule has 0 bridgehead atoms. The van der Waals surface area contributed by atoms with Crippen LogP contribution in [-0.4, -0.2) is 16.7 Å². The van der Waals surface area contributed by atoms with Gasteiger partial charge in [0, 0.05) is 11.2 Å². The third-order valence-electron chi connectivity index (χ3n) is 3.54. The van der Waals surface area contributed by atoms with Gasteiger partial charge in [-0.1, -0.05) is 24.6 Å². The fourth-order valence-electron chi connectivity index (χ4n) is 2.42. The Hall–Kier alpha value is -2.20. The Morgan fingerprint density at radius 2 is 2.00 bits per heavy atom. The van der Waals surface area contributed by atoms with Crippen LogP contribution in [0.15, 0.2) is 36.5 Å². The minimum atomic E-state index is -0.514. The minimum Gasteiger partial charge on any atom is -0.299 e. The standard InChI is InChI=1S/C16H13ClN2O2/c1-2-10-3-4-14-13(7-10)15(20)16(21)19(14)9-12-8-11(17)5-6-18-12/h3-8H,2,9H2,1H3. The highest BCUT2D eigenvalue weighted by Gasteiger charge is 2.35. The summed E-state index contributed by atoms with van der Waals surface area (Å²) in [6, 6.07) is 8.91. The molecule has 0 spiro atoms. The van der Waals surface area contributed by atoms with Crippen LogP contribution < -0.4 is 4.90 Å². The van der Waals surface area contributed by atoms with Crippen molar-refractivity contribution in [2.45, 2.75) is 19.9 Å². The van der Waals surface area contributed by atoms with Gasteiger partial charge in [-0.15, -0.1) is 0 Å². The lowest BCUT2D eigenvalue weighted by molar-refractivity contribution is -0.114. The van der Waals surface area contributed by atoms with E-state index < -0.39 is 11.7 Å².